The Balaban J connectivity index is 1.73. The first-order valence-electron chi connectivity index (χ1n) is 7.86. The van der Waals surface area contributed by atoms with E-state index in [1.807, 2.05) is 0 Å². The monoisotopic (exact) mass is 283 g/mol. The molecule has 0 aromatic heterocycles. The van der Waals surface area contributed by atoms with E-state index >= 15 is 0 Å². The second-order valence-electron chi connectivity index (χ2n) is 6.31. The van der Waals surface area contributed by atoms with Crippen LogP contribution in [0.1, 0.15) is 32.1 Å². The van der Waals surface area contributed by atoms with Gasteiger partial charge in [-0.3, -0.25) is 4.79 Å². The lowest BCUT2D eigenvalue weighted by Crippen LogP contribution is -2.47. The minimum Gasteiger partial charge on any atom is -0.384 e. The number of nitrogens with zero attached hydrogens (tertiary/aromatic N) is 1. The van der Waals surface area contributed by atoms with Crippen molar-refractivity contribution in [3.8, 4) is 0 Å². The molecule has 1 aliphatic carbocycles. The van der Waals surface area contributed by atoms with Gasteiger partial charge in [0.25, 0.3) is 0 Å². The Morgan fingerprint density at radius 1 is 1.45 bits per heavy atom. The van der Waals surface area contributed by atoms with E-state index in [0.29, 0.717) is 12.6 Å². The number of carbonyl (C=O) groups excluding carboxylic acids is 1. The van der Waals surface area contributed by atoms with Crippen LogP contribution in [0.5, 0.6) is 0 Å². The molecule has 2 rings (SSSR count). The van der Waals surface area contributed by atoms with Crippen LogP contribution in [0.4, 0.5) is 0 Å². The Hall–Kier alpha value is -0.650. The summed E-state index contributed by atoms with van der Waals surface area (Å²) in [6.07, 6.45) is 6.18. The Kier molecular flexibility index (Phi) is 5.81. The van der Waals surface area contributed by atoms with Crippen molar-refractivity contribution in [3.63, 3.8) is 0 Å². The zero-order valence-electron chi connectivity index (χ0n) is 12.9. The molecular formula is C15H29N3O2. The number of hydrogen-bond donors (Lipinski definition) is 2. The molecule has 0 aromatic rings. The van der Waals surface area contributed by atoms with Gasteiger partial charge in [0.2, 0.25) is 5.91 Å². The number of ether oxygens (including phenoxy) is 1. The summed E-state index contributed by atoms with van der Waals surface area (Å²) in [5.74, 6) is 0.143. The van der Waals surface area contributed by atoms with Crippen molar-refractivity contribution in [3.05, 3.63) is 0 Å². The number of rotatable bonds is 7. The lowest BCUT2D eigenvalue weighted by molar-refractivity contribution is -0.133. The van der Waals surface area contributed by atoms with Gasteiger partial charge in [-0.1, -0.05) is 12.8 Å². The summed E-state index contributed by atoms with van der Waals surface area (Å²) in [4.78, 5) is 14.8. The van der Waals surface area contributed by atoms with Gasteiger partial charge in [0, 0.05) is 32.8 Å². The molecule has 1 saturated carbocycles. The van der Waals surface area contributed by atoms with Gasteiger partial charge in [-0.05, 0) is 32.9 Å². The van der Waals surface area contributed by atoms with Crippen molar-refractivity contribution in [1.29, 1.82) is 0 Å². The SMILES string of the molecule is COCC1(C(=O)NCCN(C)C2CCCC2)CCNC1. The molecule has 0 bridgehead atoms. The van der Waals surface area contributed by atoms with Gasteiger partial charge >= 0.3 is 0 Å². The van der Waals surface area contributed by atoms with Crippen molar-refractivity contribution >= 4 is 5.91 Å². The van der Waals surface area contributed by atoms with Crippen molar-refractivity contribution in [2.75, 3.05) is 46.9 Å². The fraction of sp³-hybridized carbons (Fsp3) is 0.933. The number of methoxy groups -OCH3 is 1. The lowest BCUT2D eigenvalue weighted by Gasteiger charge is -2.28. The highest BCUT2D eigenvalue weighted by Gasteiger charge is 2.41. The number of nitrogens with one attached hydrogen (secondary N) is 2. The van der Waals surface area contributed by atoms with Crippen LogP contribution in [0.15, 0.2) is 0 Å². The Bertz CT molecular complexity index is 310. The van der Waals surface area contributed by atoms with Gasteiger partial charge in [-0.2, -0.15) is 0 Å². The van der Waals surface area contributed by atoms with E-state index < -0.39 is 0 Å². The van der Waals surface area contributed by atoms with E-state index in [1.165, 1.54) is 25.7 Å². The normalized spacial score (nSPS) is 27.4. The third-order valence-electron chi connectivity index (χ3n) is 4.84. The molecule has 2 N–H and O–H groups in total. The highest BCUT2D eigenvalue weighted by Crippen LogP contribution is 2.26. The van der Waals surface area contributed by atoms with Crippen LogP contribution in [-0.4, -0.2) is 63.8 Å². The van der Waals surface area contributed by atoms with Crippen LogP contribution < -0.4 is 10.6 Å². The predicted octanol–water partition coefficient (Wildman–Crippen LogP) is 0.603. The van der Waals surface area contributed by atoms with Crippen molar-refractivity contribution in [2.45, 2.75) is 38.1 Å². The zero-order valence-corrected chi connectivity index (χ0v) is 12.9. The largest absolute Gasteiger partial charge is 0.384 e. The zero-order chi connectivity index (χ0) is 14.4. The molecule has 1 heterocycles. The second kappa shape index (κ2) is 7.38. The van der Waals surface area contributed by atoms with Crippen molar-refractivity contribution in [1.82, 2.24) is 15.5 Å². The summed E-state index contributed by atoms with van der Waals surface area (Å²) in [6.45, 7) is 3.80. The van der Waals surface area contributed by atoms with Crippen LogP contribution >= 0.6 is 0 Å². The Labute approximate surface area is 122 Å². The van der Waals surface area contributed by atoms with E-state index in [0.717, 1.165) is 32.6 Å². The molecule has 1 unspecified atom stereocenters. The first kappa shape index (κ1) is 15.7. The molecule has 2 aliphatic rings. The molecule has 5 heteroatoms. The van der Waals surface area contributed by atoms with E-state index in [9.17, 15) is 4.79 Å². The summed E-state index contributed by atoms with van der Waals surface area (Å²) in [5.41, 5.74) is -0.360. The first-order valence-corrected chi connectivity index (χ1v) is 7.86. The Morgan fingerprint density at radius 3 is 2.80 bits per heavy atom. The highest BCUT2D eigenvalue weighted by molar-refractivity contribution is 5.83. The maximum atomic E-state index is 12.4. The Morgan fingerprint density at radius 2 is 2.20 bits per heavy atom. The van der Waals surface area contributed by atoms with Gasteiger partial charge in [0.05, 0.1) is 12.0 Å². The van der Waals surface area contributed by atoms with Crippen LogP contribution in [0, 0.1) is 5.41 Å². The lowest BCUT2D eigenvalue weighted by atomic mass is 9.87. The summed E-state index contributed by atoms with van der Waals surface area (Å²) in [6, 6.07) is 0.716. The molecule has 116 valence electrons. The summed E-state index contributed by atoms with van der Waals surface area (Å²) in [5, 5.41) is 6.38. The standard InChI is InChI=1S/C15H29N3O2/c1-18(13-5-3-4-6-13)10-9-17-14(19)15(12-20-2)7-8-16-11-15/h13,16H,3-12H2,1-2H3,(H,17,19). The molecular weight excluding hydrogens is 254 g/mol. The van der Waals surface area contributed by atoms with E-state index in [-0.39, 0.29) is 11.3 Å². The average molecular weight is 283 g/mol. The van der Waals surface area contributed by atoms with Gasteiger partial charge in [-0.25, -0.2) is 0 Å². The van der Waals surface area contributed by atoms with Crippen molar-refractivity contribution in [2.24, 2.45) is 5.41 Å². The number of likely N-dealkylation sites (N-methyl/N-ethyl adjacent to an activating group) is 1. The van der Waals surface area contributed by atoms with Crippen LogP contribution in [0.2, 0.25) is 0 Å². The molecule has 20 heavy (non-hydrogen) atoms. The van der Waals surface area contributed by atoms with Gasteiger partial charge in [0.15, 0.2) is 0 Å². The molecule has 2 fully saturated rings. The summed E-state index contributed by atoms with van der Waals surface area (Å²) < 4.78 is 5.25. The van der Waals surface area contributed by atoms with E-state index in [2.05, 4.69) is 22.6 Å². The van der Waals surface area contributed by atoms with Gasteiger partial charge < -0.3 is 20.3 Å². The molecule has 0 spiro atoms. The number of carbonyl (C=O) groups is 1. The first-order chi connectivity index (χ1) is 9.68. The van der Waals surface area contributed by atoms with Crippen LogP contribution in [0.25, 0.3) is 0 Å². The summed E-state index contributed by atoms with van der Waals surface area (Å²) >= 11 is 0. The predicted molar refractivity (Wildman–Crippen MR) is 79.7 cm³/mol. The molecule has 1 amide bonds. The average Bonchev–Trinajstić information content (AvgIpc) is 3.10. The molecule has 5 nitrogen and oxygen atoms in total. The van der Waals surface area contributed by atoms with Crippen molar-refractivity contribution < 1.29 is 9.53 Å². The maximum Gasteiger partial charge on any atom is 0.229 e. The summed E-state index contributed by atoms with van der Waals surface area (Å²) in [7, 11) is 3.84. The smallest absolute Gasteiger partial charge is 0.229 e. The molecule has 1 saturated heterocycles. The minimum absolute atomic E-state index is 0.143. The third kappa shape index (κ3) is 3.71. The van der Waals surface area contributed by atoms with Gasteiger partial charge in [0.1, 0.15) is 0 Å². The molecule has 1 aliphatic heterocycles. The second-order valence-corrected chi connectivity index (χ2v) is 6.31. The molecule has 1 atom stereocenters. The third-order valence-corrected chi connectivity index (χ3v) is 4.84. The fourth-order valence-corrected chi connectivity index (χ4v) is 3.46. The maximum absolute atomic E-state index is 12.4. The molecule has 0 aromatic carbocycles. The molecule has 0 radical (unpaired) electrons. The van der Waals surface area contributed by atoms with E-state index in [4.69, 9.17) is 4.74 Å². The van der Waals surface area contributed by atoms with Crippen LogP contribution in [-0.2, 0) is 9.53 Å². The minimum atomic E-state index is -0.360. The van der Waals surface area contributed by atoms with Crippen LogP contribution in [0.3, 0.4) is 0 Å². The number of amides is 1. The highest BCUT2D eigenvalue weighted by atomic mass is 16.5. The topological polar surface area (TPSA) is 53.6 Å². The number of hydrogen-bond acceptors (Lipinski definition) is 4. The fourth-order valence-electron chi connectivity index (χ4n) is 3.46. The van der Waals surface area contributed by atoms with E-state index in [1.54, 1.807) is 7.11 Å². The van der Waals surface area contributed by atoms with Gasteiger partial charge in [-0.15, -0.1) is 0 Å². The quantitative estimate of drug-likeness (QED) is 0.718.